The van der Waals surface area contributed by atoms with Gasteiger partial charge in [-0.15, -0.1) is 0 Å². The summed E-state index contributed by atoms with van der Waals surface area (Å²) in [5.41, 5.74) is 1.63. The molecule has 2 aromatic carbocycles. The Hall–Kier alpha value is -2.70. The number of hydrogen-bond donors (Lipinski definition) is 0. The Morgan fingerprint density at radius 2 is 2.04 bits per heavy atom. The first-order valence-corrected chi connectivity index (χ1v) is 8.55. The van der Waals surface area contributed by atoms with E-state index in [1.165, 1.54) is 22.8 Å². The van der Waals surface area contributed by atoms with Crippen LogP contribution in [0.3, 0.4) is 0 Å². The minimum atomic E-state index is -0.525. The van der Waals surface area contributed by atoms with E-state index in [-0.39, 0.29) is 16.6 Å². The number of nitro benzene ring substituents is 1. The summed E-state index contributed by atoms with van der Waals surface area (Å²) >= 11 is 12.3. The summed E-state index contributed by atoms with van der Waals surface area (Å²) in [5, 5.41) is 12.1. The van der Waals surface area contributed by atoms with Crippen LogP contribution in [-0.2, 0) is 6.54 Å². The van der Waals surface area contributed by atoms with Crippen molar-refractivity contribution in [3.63, 3.8) is 0 Å². The van der Waals surface area contributed by atoms with Crippen molar-refractivity contribution < 1.29 is 4.92 Å². The van der Waals surface area contributed by atoms with Crippen LogP contribution in [0.4, 0.5) is 5.69 Å². The van der Waals surface area contributed by atoms with Gasteiger partial charge < -0.3 is 0 Å². The fourth-order valence-electron chi connectivity index (χ4n) is 3.08. The average molecular weight is 388 g/mol. The Bertz CT molecular complexity index is 1170. The number of nitrogens with zero attached hydrogens (tertiary/aromatic N) is 3. The smallest absolute Gasteiger partial charge is 0.270 e. The summed E-state index contributed by atoms with van der Waals surface area (Å²) in [5.74, 6) is 0.549. The third-order valence-electron chi connectivity index (χ3n) is 4.35. The molecule has 4 rings (SSSR count). The predicted molar refractivity (Wildman–Crippen MR) is 102 cm³/mol. The van der Waals surface area contributed by atoms with Gasteiger partial charge >= 0.3 is 0 Å². The molecule has 2 heterocycles. The lowest BCUT2D eigenvalue weighted by Crippen LogP contribution is -2.20. The van der Waals surface area contributed by atoms with Gasteiger partial charge in [-0.2, -0.15) is 0 Å². The highest BCUT2D eigenvalue weighted by molar-refractivity contribution is 6.43. The molecule has 0 saturated carbocycles. The molecule has 0 amide bonds. The average Bonchev–Trinajstić information content (AvgIpc) is 3.02. The second kappa shape index (κ2) is 6.23. The number of halogens is 2. The highest BCUT2D eigenvalue weighted by Gasteiger charge is 2.22. The van der Waals surface area contributed by atoms with E-state index in [1.54, 1.807) is 12.1 Å². The van der Waals surface area contributed by atoms with Crippen molar-refractivity contribution in [2.45, 2.75) is 13.0 Å². The molecule has 130 valence electrons. The van der Waals surface area contributed by atoms with E-state index in [9.17, 15) is 14.9 Å². The largest absolute Gasteiger partial charge is 0.292 e. The van der Waals surface area contributed by atoms with Gasteiger partial charge in [-0.1, -0.05) is 35.3 Å². The lowest BCUT2D eigenvalue weighted by molar-refractivity contribution is -0.384. The van der Waals surface area contributed by atoms with Crippen LogP contribution in [0.15, 0.2) is 41.2 Å². The minimum Gasteiger partial charge on any atom is -0.292 e. The zero-order chi connectivity index (χ0) is 18.4. The van der Waals surface area contributed by atoms with Crippen molar-refractivity contribution in [1.29, 1.82) is 0 Å². The Balaban J connectivity index is 1.90. The Morgan fingerprint density at radius 1 is 1.23 bits per heavy atom. The van der Waals surface area contributed by atoms with Gasteiger partial charge in [0, 0.05) is 18.7 Å². The molecule has 0 aliphatic carbocycles. The second-order valence-electron chi connectivity index (χ2n) is 5.91. The van der Waals surface area contributed by atoms with E-state index in [4.69, 9.17) is 23.2 Å². The van der Waals surface area contributed by atoms with Crippen molar-refractivity contribution in [2.24, 2.45) is 0 Å². The molecule has 0 saturated heterocycles. The van der Waals surface area contributed by atoms with E-state index in [0.29, 0.717) is 34.4 Å². The first-order valence-electron chi connectivity index (χ1n) is 7.79. The van der Waals surface area contributed by atoms with Crippen LogP contribution in [0.25, 0.3) is 22.6 Å². The van der Waals surface area contributed by atoms with Crippen molar-refractivity contribution in [3.05, 3.63) is 78.3 Å². The zero-order valence-electron chi connectivity index (χ0n) is 13.3. The molecule has 0 N–H and O–H groups in total. The van der Waals surface area contributed by atoms with Crippen LogP contribution < -0.4 is 5.56 Å². The Labute approximate surface area is 157 Å². The molecule has 8 heteroatoms. The second-order valence-corrected chi connectivity index (χ2v) is 6.70. The molecule has 0 bridgehead atoms. The molecule has 0 unspecified atom stereocenters. The van der Waals surface area contributed by atoms with E-state index < -0.39 is 4.92 Å². The quantitative estimate of drug-likeness (QED) is 0.477. The number of benzene rings is 2. The minimum absolute atomic E-state index is 0.128. The topological polar surface area (TPSA) is 78.0 Å². The van der Waals surface area contributed by atoms with Gasteiger partial charge in [-0.05, 0) is 35.8 Å². The number of nitro groups is 1. The highest BCUT2D eigenvalue weighted by Crippen LogP contribution is 2.32. The fourth-order valence-corrected chi connectivity index (χ4v) is 3.44. The lowest BCUT2D eigenvalue weighted by Gasteiger charge is -2.06. The van der Waals surface area contributed by atoms with E-state index >= 15 is 0 Å². The Morgan fingerprint density at radius 3 is 2.81 bits per heavy atom. The normalized spacial score (nSPS) is 14.8. The monoisotopic (exact) mass is 387 g/mol. The highest BCUT2D eigenvalue weighted by atomic mass is 35.5. The van der Waals surface area contributed by atoms with Gasteiger partial charge in [0.05, 0.1) is 25.9 Å². The third-order valence-corrected chi connectivity index (χ3v) is 5.19. The number of allylic oxidation sites excluding steroid dienone is 1. The van der Waals surface area contributed by atoms with Gasteiger partial charge in [-0.3, -0.25) is 19.5 Å². The van der Waals surface area contributed by atoms with E-state index in [2.05, 4.69) is 4.98 Å². The maximum Gasteiger partial charge on any atom is 0.270 e. The summed E-state index contributed by atoms with van der Waals surface area (Å²) < 4.78 is 1.54. The Kier molecular flexibility index (Phi) is 4.01. The first-order chi connectivity index (χ1) is 12.5. The lowest BCUT2D eigenvalue weighted by atomic mass is 10.1. The van der Waals surface area contributed by atoms with Gasteiger partial charge in [-0.25, -0.2) is 4.98 Å². The molecule has 0 atom stereocenters. The summed E-state index contributed by atoms with van der Waals surface area (Å²) in [4.78, 5) is 27.7. The van der Waals surface area contributed by atoms with Gasteiger partial charge in [0.15, 0.2) is 0 Å². The van der Waals surface area contributed by atoms with Crippen molar-refractivity contribution >= 4 is 51.4 Å². The molecule has 1 aromatic heterocycles. The SMILES string of the molecule is O=c1c2cc([N+](=O)[O-])ccc2nc2n1CC/C2=C/c1cccc(Cl)c1Cl. The fraction of sp³-hybridized carbons (Fsp3) is 0.111. The van der Waals surface area contributed by atoms with Crippen molar-refractivity contribution in [1.82, 2.24) is 9.55 Å². The van der Waals surface area contributed by atoms with Crippen LogP contribution in [0.1, 0.15) is 17.8 Å². The molecule has 0 spiro atoms. The molecule has 0 fully saturated rings. The van der Waals surface area contributed by atoms with Crippen molar-refractivity contribution in [3.8, 4) is 0 Å². The summed E-state index contributed by atoms with van der Waals surface area (Å²) in [7, 11) is 0. The molecular formula is C18H11Cl2N3O3. The van der Waals surface area contributed by atoms with Gasteiger partial charge in [0.1, 0.15) is 5.82 Å². The maximum atomic E-state index is 12.7. The van der Waals surface area contributed by atoms with Gasteiger partial charge in [0.25, 0.3) is 11.2 Å². The summed E-state index contributed by atoms with van der Waals surface area (Å²) in [6.45, 7) is 0.462. The molecule has 1 aliphatic heterocycles. The van der Waals surface area contributed by atoms with Crippen LogP contribution >= 0.6 is 23.2 Å². The number of hydrogen-bond acceptors (Lipinski definition) is 4. The first kappa shape index (κ1) is 16.8. The van der Waals surface area contributed by atoms with Crippen LogP contribution in [-0.4, -0.2) is 14.5 Å². The molecule has 3 aromatic rings. The molecule has 1 aliphatic rings. The number of rotatable bonds is 2. The number of non-ortho nitro benzene ring substituents is 1. The maximum absolute atomic E-state index is 12.7. The molecule has 6 nitrogen and oxygen atoms in total. The van der Waals surface area contributed by atoms with Crippen LogP contribution in [0.2, 0.25) is 10.0 Å². The molecule has 0 radical (unpaired) electrons. The van der Waals surface area contributed by atoms with Crippen LogP contribution in [0, 0.1) is 10.1 Å². The zero-order valence-corrected chi connectivity index (χ0v) is 14.8. The van der Waals surface area contributed by atoms with Crippen LogP contribution in [0.5, 0.6) is 0 Å². The van der Waals surface area contributed by atoms with E-state index in [1.807, 2.05) is 12.1 Å². The van der Waals surface area contributed by atoms with Gasteiger partial charge in [0.2, 0.25) is 0 Å². The van der Waals surface area contributed by atoms with Crippen molar-refractivity contribution in [2.75, 3.05) is 0 Å². The molecular weight excluding hydrogens is 377 g/mol. The number of aromatic nitrogens is 2. The summed E-state index contributed by atoms with van der Waals surface area (Å²) in [6, 6.07) is 9.46. The standard InChI is InChI=1S/C18H11Cl2N3O3/c19-14-3-1-2-10(16(14)20)8-11-6-7-22-17(11)21-15-5-4-12(23(25)26)9-13(15)18(22)24/h1-5,8-9H,6-7H2/b11-8-. The summed E-state index contributed by atoms with van der Waals surface area (Å²) in [6.07, 6.45) is 2.49. The molecule has 26 heavy (non-hydrogen) atoms. The van der Waals surface area contributed by atoms with E-state index in [0.717, 1.165) is 11.1 Å². The third kappa shape index (κ3) is 2.67. The number of fused-ring (bicyclic) bond motifs is 2. The predicted octanol–water partition coefficient (Wildman–Crippen LogP) is 4.56.